The lowest BCUT2D eigenvalue weighted by Gasteiger charge is -2.07. The molecule has 0 unspecified atom stereocenters. The zero-order valence-corrected chi connectivity index (χ0v) is 16.3. The van der Waals surface area contributed by atoms with Crippen LogP contribution in [0.25, 0.3) is 0 Å². The minimum Gasteiger partial charge on any atom is -0.497 e. The van der Waals surface area contributed by atoms with Crippen molar-refractivity contribution >= 4 is 22.4 Å². The number of amides is 1. The van der Waals surface area contributed by atoms with Crippen LogP contribution in [0.2, 0.25) is 0 Å². The summed E-state index contributed by atoms with van der Waals surface area (Å²) in [5.74, 6) is 1.23. The first kappa shape index (κ1) is 18.8. The van der Waals surface area contributed by atoms with Gasteiger partial charge in [0.2, 0.25) is 5.13 Å². The van der Waals surface area contributed by atoms with E-state index in [2.05, 4.69) is 21.6 Å². The maximum Gasteiger partial charge on any atom is 0.264 e. The number of benzene rings is 2. The largest absolute Gasteiger partial charge is 0.497 e. The maximum absolute atomic E-state index is 12.1. The molecule has 0 atom stereocenters. The molecule has 0 saturated heterocycles. The molecule has 0 saturated carbocycles. The number of hydrogen-bond acceptors (Lipinski definition) is 6. The molecule has 0 aliphatic rings. The number of aromatic nitrogens is 2. The predicted octanol–water partition coefficient (Wildman–Crippen LogP) is 3.77. The summed E-state index contributed by atoms with van der Waals surface area (Å²) in [6.45, 7) is 3.91. The predicted molar refractivity (Wildman–Crippen MR) is 106 cm³/mol. The summed E-state index contributed by atoms with van der Waals surface area (Å²) in [5.41, 5.74) is 3.29. The molecule has 1 N–H and O–H groups in total. The molecule has 0 bridgehead atoms. The molecule has 6 nitrogen and oxygen atoms in total. The Labute approximate surface area is 162 Å². The molecule has 0 spiro atoms. The topological polar surface area (TPSA) is 73.3 Å². The molecule has 27 heavy (non-hydrogen) atoms. The molecule has 140 valence electrons. The lowest BCUT2D eigenvalue weighted by Crippen LogP contribution is -2.20. The first-order valence-electron chi connectivity index (χ1n) is 8.48. The lowest BCUT2D eigenvalue weighted by atomic mass is 10.1. The molecule has 0 aliphatic heterocycles. The van der Waals surface area contributed by atoms with Gasteiger partial charge in [-0.1, -0.05) is 29.5 Å². The van der Waals surface area contributed by atoms with Gasteiger partial charge in [-0.15, -0.1) is 10.2 Å². The summed E-state index contributed by atoms with van der Waals surface area (Å²) in [6, 6.07) is 13.6. The van der Waals surface area contributed by atoms with Gasteiger partial charge >= 0.3 is 0 Å². The van der Waals surface area contributed by atoms with Crippen LogP contribution < -0.4 is 14.8 Å². The van der Waals surface area contributed by atoms with Gasteiger partial charge in [0.05, 0.1) is 7.11 Å². The zero-order valence-electron chi connectivity index (χ0n) is 15.5. The van der Waals surface area contributed by atoms with Gasteiger partial charge in [-0.05, 0) is 54.8 Å². The number of methoxy groups -OCH3 is 1. The number of rotatable bonds is 7. The first-order chi connectivity index (χ1) is 13.0. The van der Waals surface area contributed by atoms with Crippen molar-refractivity contribution in [3.63, 3.8) is 0 Å². The van der Waals surface area contributed by atoms with Crippen LogP contribution in [0, 0.1) is 13.8 Å². The molecular formula is C20H21N3O3S. The Morgan fingerprint density at radius 1 is 1.04 bits per heavy atom. The molecule has 1 heterocycles. The van der Waals surface area contributed by atoms with Crippen molar-refractivity contribution in [3.8, 4) is 11.5 Å². The van der Waals surface area contributed by atoms with Crippen LogP contribution in [0.3, 0.4) is 0 Å². The smallest absolute Gasteiger partial charge is 0.264 e. The van der Waals surface area contributed by atoms with E-state index in [1.165, 1.54) is 11.3 Å². The third-order valence-electron chi connectivity index (χ3n) is 3.79. The van der Waals surface area contributed by atoms with E-state index in [1.807, 2.05) is 50.2 Å². The Morgan fingerprint density at radius 2 is 1.74 bits per heavy atom. The average molecular weight is 383 g/mol. The minimum absolute atomic E-state index is 0.0731. The van der Waals surface area contributed by atoms with Gasteiger partial charge in [-0.2, -0.15) is 0 Å². The molecule has 2 aromatic carbocycles. The average Bonchev–Trinajstić information content (AvgIpc) is 3.06. The van der Waals surface area contributed by atoms with E-state index in [1.54, 1.807) is 7.11 Å². The van der Waals surface area contributed by atoms with Crippen LogP contribution >= 0.6 is 11.3 Å². The van der Waals surface area contributed by atoms with Gasteiger partial charge in [0.1, 0.15) is 16.5 Å². The van der Waals surface area contributed by atoms with Gasteiger partial charge in [0.25, 0.3) is 5.91 Å². The van der Waals surface area contributed by atoms with Crippen molar-refractivity contribution in [1.82, 2.24) is 10.2 Å². The highest BCUT2D eigenvalue weighted by atomic mass is 32.1. The number of carbonyl (C=O) groups excluding carboxylic acids is 1. The molecule has 0 radical (unpaired) electrons. The van der Waals surface area contributed by atoms with Gasteiger partial charge in [0.15, 0.2) is 6.61 Å². The Morgan fingerprint density at radius 3 is 2.41 bits per heavy atom. The summed E-state index contributed by atoms with van der Waals surface area (Å²) < 4.78 is 10.7. The quantitative estimate of drug-likeness (QED) is 0.672. The highest BCUT2D eigenvalue weighted by molar-refractivity contribution is 7.15. The third kappa shape index (κ3) is 5.52. The van der Waals surface area contributed by atoms with E-state index in [4.69, 9.17) is 9.47 Å². The summed E-state index contributed by atoms with van der Waals surface area (Å²) >= 11 is 1.35. The van der Waals surface area contributed by atoms with Crippen LogP contribution in [0.4, 0.5) is 5.13 Å². The summed E-state index contributed by atoms with van der Waals surface area (Å²) in [4.78, 5) is 12.1. The number of nitrogens with one attached hydrogen (secondary N) is 1. The zero-order chi connectivity index (χ0) is 19.2. The summed E-state index contributed by atoms with van der Waals surface area (Å²) in [7, 11) is 1.64. The Bertz CT molecular complexity index is 902. The van der Waals surface area contributed by atoms with Crippen LogP contribution in [-0.2, 0) is 11.2 Å². The molecule has 0 aliphatic carbocycles. The monoisotopic (exact) mass is 383 g/mol. The Kier molecular flexibility index (Phi) is 6.03. The van der Waals surface area contributed by atoms with E-state index in [9.17, 15) is 4.79 Å². The van der Waals surface area contributed by atoms with E-state index >= 15 is 0 Å². The van der Waals surface area contributed by atoms with Gasteiger partial charge in [0, 0.05) is 6.42 Å². The normalized spacial score (nSPS) is 10.5. The molecule has 3 rings (SSSR count). The fourth-order valence-corrected chi connectivity index (χ4v) is 3.40. The second-order valence-electron chi connectivity index (χ2n) is 6.19. The number of anilines is 1. The minimum atomic E-state index is -0.263. The van der Waals surface area contributed by atoms with E-state index < -0.39 is 0 Å². The lowest BCUT2D eigenvalue weighted by molar-refractivity contribution is -0.118. The summed E-state index contributed by atoms with van der Waals surface area (Å²) in [5, 5.41) is 12.2. The molecule has 0 fully saturated rings. The highest BCUT2D eigenvalue weighted by Gasteiger charge is 2.10. The fraction of sp³-hybridized carbons (Fsp3) is 0.250. The number of ether oxygens (including phenoxy) is 2. The highest BCUT2D eigenvalue weighted by Crippen LogP contribution is 2.20. The second-order valence-corrected chi connectivity index (χ2v) is 7.25. The maximum atomic E-state index is 12.1. The molecule has 1 aromatic heterocycles. The Balaban J connectivity index is 1.52. The van der Waals surface area contributed by atoms with Crippen LogP contribution in [0.1, 0.15) is 21.7 Å². The van der Waals surface area contributed by atoms with Crippen molar-refractivity contribution in [2.75, 3.05) is 19.0 Å². The van der Waals surface area contributed by atoms with Crippen LogP contribution in [0.15, 0.2) is 42.5 Å². The van der Waals surface area contributed by atoms with Crippen molar-refractivity contribution in [3.05, 3.63) is 64.2 Å². The van der Waals surface area contributed by atoms with Crippen molar-refractivity contribution in [2.45, 2.75) is 20.3 Å². The Hall–Kier alpha value is -2.93. The van der Waals surface area contributed by atoms with Gasteiger partial charge in [-0.3, -0.25) is 10.1 Å². The fourth-order valence-electron chi connectivity index (χ4n) is 2.61. The number of nitrogens with zero attached hydrogens (tertiary/aromatic N) is 2. The van der Waals surface area contributed by atoms with Crippen LogP contribution in [-0.4, -0.2) is 29.8 Å². The van der Waals surface area contributed by atoms with E-state index in [0.717, 1.165) is 27.4 Å². The molecular weight excluding hydrogens is 362 g/mol. The van der Waals surface area contributed by atoms with Crippen molar-refractivity contribution in [2.24, 2.45) is 0 Å². The van der Waals surface area contributed by atoms with E-state index in [0.29, 0.717) is 17.3 Å². The summed E-state index contributed by atoms with van der Waals surface area (Å²) in [6.07, 6.45) is 0.649. The third-order valence-corrected chi connectivity index (χ3v) is 4.63. The second kappa shape index (κ2) is 8.64. The van der Waals surface area contributed by atoms with Gasteiger partial charge in [-0.25, -0.2) is 0 Å². The molecule has 7 heteroatoms. The molecule has 1 amide bonds. The SMILES string of the molecule is COc1ccc(Cc2nnc(NC(=O)COc3cc(C)cc(C)c3)s2)cc1. The number of hydrogen-bond donors (Lipinski definition) is 1. The molecule has 3 aromatic rings. The van der Waals surface area contributed by atoms with Crippen LogP contribution in [0.5, 0.6) is 11.5 Å². The van der Waals surface area contributed by atoms with E-state index in [-0.39, 0.29) is 12.5 Å². The van der Waals surface area contributed by atoms with Crippen molar-refractivity contribution < 1.29 is 14.3 Å². The standard InChI is InChI=1S/C20H21N3O3S/c1-13-8-14(2)10-17(9-13)26-12-18(24)21-20-23-22-19(27-20)11-15-4-6-16(25-3)7-5-15/h4-10H,11-12H2,1-3H3,(H,21,23,24). The first-order valence-corrected chi connectivity index (χ1v) is 9.30. The number of carbonyl (C=O) groups is 1. The van der Waals surface area contributed by atoms with Crippen molar-refractivity contribution in [1.29, 1.82) is 0 Å². The number of aryl methyl sites for hydroxylation is 2. The van der Waals surface area contributed by atoms with Gasteiger partial charge < -0.3 is 9.47 Å².